The highest BCUT2D eigenvalue weighted by Gasteiger charge is 2.21. The van der Waals surface area contributed by atoms with Gasteiger partial charge in [-0.1, -0.05) is 50.5 Å². The Balaban J connectivity index is 2.39. The van der Waals surface area contributed by atoms with Gasteiger partial charge in [0.25, 0.3) is 0 Å². The molecular formula is C20H30O4. The zero-order valence-electron chi connectivity index (χ0n) is 14.6. The van der Waals surface area contributed by atoms with Crippen LogP contribution in [0.25, 0.3) is 0 Å². The van der Waals surface area contributed by atoms with Crippen molar-refractivity contribution in [3.63, 3.8) is 0 Å². The molecule has 1 aliphatic rings. The summed E-state index contributed by atoms with van der Waals surface area (Å²) in [6.45, 7) is 2.14. The number of aliphatic carboxylic acids is 1. The largest absolute Gasteiger partial charge is 0.481 e. The van der Waals surface area contributed by atoms with E-state index in [0.717, 1.165) is 44.1 Å². The van der Waals surface area contributed by atoms with Gasteiger partial charge in [-0.05, 0) is 38.2 Å². The number of aliphatic hydroxyl groups is 1. The second kappa shape index (κ2) is 11.8. The molecule has 0 saturated heterocycles. The third-order valence-electron chi connectivity index (χ3n) is 4.23. The van der Waals surface area contributed by atoms with Gasteiger partial charge in [0, 0.05) is 17.9 Å². The Hall–Kier alpha value is -1.68. The van der Waals surface area contributed by atoms with Gasteiger partial charge in [-0.3, -0.25) is 9.59 Å². The van der Waals surface area contributed by atoms with Crippen LogP contribution in [-0.4, -0.2) is 28.1 Å². The minimum atomic E-state index is -0.768. The zero-order chi connectivity index (χ0) is 17.8. The summed E-state index contributed by atoms with van der Waals surface area (Å²) in [6.07, 6.45) is 16.0. The molecule has 0 heterocycles. The molecule has 0 spiro atoms. The lowest BCUT2D eigenvalue weighted by Gasteiger charge is -2.11. The maximum Gasteiger partial charge on any atom is 0.303 e. The fourth-order valence-corrected chi connectivity index (χ4v) is 2.79. The molecule has 2 atom stereocenters. The molecule has 134 valence electrons. The minimum absolute atomic E-state index is 0.0417. The number of carboxylic acids is 1. The normalized spacial score (nSPS) is 20.3. The van der Waals surface area contributed by atoms with Gasteiger partial charge in [0.05, 0.1) is 6.10 Å². The third kappa shape index (κ3) is 8.25. The fraction of sp³-hybridized carbons (Fsp3) is 0.600. The number of allylic oxidation sites excluding steroid dienone is 5. The monoisotopic (exact) mass is 334 g/mol. The molecule has 24 heavy (non-hydrogen) atoms. The van der Waals surface area contributed by atoms with Crippen molar-refractivity contribution in [1.82, 2.24) is 0 Å². The first kappa shape index (κ1) is 20.4. The van der Waals surface area contributed by atoms with E-state index in [-0.39, 0.29) is 24.2 Å². The molecule has 2 N–H and O–H groups in total. The number of hydrogen-bond donors (Lipinski definition) is 2. The first-order chi connectivity index (χ1) is 11.5. The van der Waals surface area contributed by atoms with Crippen LogP contribution in [0.2, 0.25) is 0 Å². The van der Waals surface area contributed by atoms with Gasteiger partial charge >= 0.3 is 5.97 Å². The third-order valence-corrected chi connectivity index (χ3v) is 4.23. The summed E-state index contributed by atoms with van der Waals surface area (Å²) >= 11 is 0. The van der Waals surface area contributed by atoms with Crippen LogP contribution in [0.15, 0.2) is 36.0 Å². The Morgan fingerprint density at radius 1 is 1.29 bits per heavy atom. The quantitative estimate of drug-likeness (QED) is 0.319. The predicted octanol–water partition coefficient (Wildman–Crippen LogP) is 4.20. The summed E-state index contributed by atoms with van der Waals surface area (Å²) in [5, 5.41) is 18.6. The molecule has 0 aliphatic heterocycles. The Kier molecular flexibility index (Phi) is 10.0. The lowest BCUT2D eigenvalue weighted by Crippen LogP contribution is -2.08. The highest BCUT2D eigenvalue weighted by atomic mass is 16.4. The predicted molar refractivity (Wildman–Crippen MR) is 95.7 cm³/mol. The van der Waals surface area contributed by atoms with Crippen LogP contribution < -0.4 is 0 Å². The van der Waals surface area contributed by atoms with Gasteiger partial charge in [-0.15, -0.1) is 0 Å². The molecule has 0 saturated carbocycles. The van der Waals surface area contributed by atoms with Crippen LogP contribution in [0.1, 0.15) is 64.7 Å². The van der Waals surface area contributed by atoms with Gasteiger partial charge in [-0.2, -0.15) is 0 Å². The van der Waals surface area contributed by atoms with Crippen LogP contribution in [0.5, 0.6) is 0 Å². The van der Waals surface area contributed by atoms with Gasteiger partial charge in [-0.25, -0.2) is 0 Å². The number of carboxylic acid groups (broad SMARTS) is 1. The summed E-state index contributed by atoms with van der Waals surface area (Å²) in [6, 6.07) is 0. The van der Waals surface area contributed by atoms with E-state index < -0.39 is 5.97 Å². The van der Waals surface area contributed by atoms with Gasteiger partial charge in [0.15, 0.2) is 5.78 Å². The molecule has 0 radical (unpaired) electrons. The molecule has 0 bridgehead atoms. The van der Waals surface area contributed by atoms with Gasteiger partial charge in [0.2, 0.25) is 0 Å². The average molecular weight is 334 g/mol. The standard InChI is InChI=1S/C20H30O4/c1-2-3-6-10-17(21)13-14-18-16(12-15-19(18)22)9-7-4-5-8-11-20(23)24/h4,7,12,14-17,21H,2-3,5-6,8-11,13H2,1H3,(H,23,24)/b7-4-,18-14+/t16-,17+/m0/s1. The molecule has 0 amide bonds. The van der Waals surface area contributed by atoms with E-state index in [2.05, 4.69) is 6.92 Å². The van der Waals surface area contributed by atoms with Crippen LogP contribution in [0.4, 0.5) is 0 Å². The Bertz CT molecular complexity index is 488. The highest BCUT2D eigenvalue weighted by molar-refractivity contribution is 6.07. The van der Waals surface area contributed by atoms with Gasteiger partial charge in [0.1, 0.15) is 0 Å². The number of unbranched alkanes of at least 4 members (excludes halogenated alkanes) is 3. The summed E-state index contributed by atoms with van der Waals surface area (Å²) < 4.78 is 0. The number of carbonyl (C=O) groups is 2. The van der Waals surface area contributed by atoms with E-state index >= 15 is 0 Å². The molecule has 0 unspecified atom stereocenters. The Morgan fingerprint density at radius 3 is 2.79 bits per heavy atom. The first-order valence-electron chi connectivity index (χ1n) is 9.02. The molecule has 4 nitrogen and oxygen atoms in total. The van der Waals surface area contributed by atoms with Crippen molar-refractivity contribution in [1.29, 1.82) is 0 Å². The number of hydrogen-bond acceptors (Lipinski definition) is 3. The molecule has 1 rings (SSSR count). The fourth-order valence-electron chi connectivity index (χ4n) is 2.79. The van der Waals surface area contributed by atoms with Crippen molar-refractivity contribution in [2.45, 2.75) is 70.8 Å². The topological polar surface area (TPSA) is 74.6 Å². The minimum Gasteiger partial charge on any atom is -0.481 e. The number of carbonyl (C=O) groups excluding carboxylic acids is 1. The van der Waals surface area contributed by atoms with E-state index in [4.69, 9.17) is 5.11 Å². The zero-order valence-corrected chi connectivity index (χ0v) is 14.6. The molecule has 0 aromatic rings. The van der Waals surface area contributed by atoms with E-state index in [1.807, 2.05) is 24.3 Å². The smallest absolute Gasteiger partial charge is 0.303 e. The number of ketones is 1. The SMILES string of the molecule is CCCCC[C@@H](O)C/C=C1/C(=O)C=C[C@@H]1C/C=C\CCCC(=O)O. The maximum absolute atomic E-state index is 11.9. The Morgan fingerprint density at radius 2 is 2.08 bits per heavy atom. The van der Waals surface area contributed by atoms with Crippen LogP contribution >= 0.6 is 0 Å². The molecule has 0 aromatic carbocycles. The van der Waals surface area contributed by atoms with Crippen LogP contribution in [-0.2, 0) is 9.59 Å². The summed E-state index contributed by atoms with van der Waals surface area (Å²) in [4.78, 5) is 22.4. The summed E-state index contributed by atoms with van der Waals surface area (Å²) in [5.41, 5.74) is 0.778. The molecule has 1 aliphatic carbocycles. The van der Waals surface area contributed by atoms with E-state index in [0.29, 0.717) is 12.8 Å². The molecule has 0 fully saturated rings. The van der Waals surface area contributed by atoms with Crippen molar-refractivity contribution in [2.75, 3.05) is 0 Å². The lowest BCUT2D eigenvalue weighted by molar-refractivity contribution is -0.137. The van der Waals surface area contributed by atoms with Crippen molar-refractivity contribution < 1.29 is 19.8 Å². The van der Waals surface area contributed by atoms with Gasteiger partial charge < -0.3 is 10.2 Å². The van der Waals surface area contributed by atoms with Crippen LogP contribution in [0, 0.1) is 5.92 Å². The molecular weight excluding hydrogens is 304 g/mol. The van der Waals surface area contributed by atoms with E-state index in [1.54, 1.807) is 6.08 Å². The summed E-state index contributed by atoms with van der Waals surface area (Å²) in [7, 11) is 0. The van der Waals surface area contributed by atoms with E-state index in [9.17, 15) is 14.7 Å². The molecule has 4 heteroatoms. The van der Waals surface area contributed by atoms with Crippen LogP contribution in [0.3, 0.4) is 0 Å². The summed E-state index contributed by atoms with van der Waals surface area (Å²) in [5.74, 6) is -0.647. The maximum atomic E-state index is 11.9. The Labute approximate surface area is 145 Å². The molecule has 0 aromatic heterocycles. The van der Waals surface area contributed by atoms with Crippen molar-refractivity contribution in [3.05, 3.63) is 36.0 Å². The first-order valence-corrected chi connectivity index (χ1v) is 9.02. The second-order valence-corrected chi connectivity index (χ2v) is 6.37. The van der Waals surface area contributed by atoms with Crippen molar-refractivity contribution in [3.8, 4) is 0 Å². The van der Waals surface area contributed by atoms with E-state index in [1.165, 1.54) is 0 Å². The van der Waals surface area contributed by atoms with Crippen molar-refractivity contribution >= 4 is 11.8 Å². The number of aliphatic hydroxyl groups excluding tert-OH is 1. The van der Waals surface area contributed by atoms with Crippen molar-refractivity contribution in [2.24, 2.45) is 5.92 Å². The lowest BCUT2D eigenvalue weighted by atomic mass is 9.95. The number of rotatable bonds is 12. The second-order valence-electron chi connectivity index (χ2n) is 6.37. The highest BCUT2D eigenvalue weighted by Crippen LogP contribution is 2.26. The average Bonchev–Trinajstić information content (AvgIpc) is 2.89.